The van der Waals surface area contributed by atoms with E-state index < -0.39 is 14.0 Å². The fraction of sp³-hybridized carbons (Fsp3) is 0.423. The lowest BCUT2D eigenvalue weighted by atomic mass is 10.1. The Bertz CT molecular complexity index is 905. The molecule has 0 bridgehead atoms. The van der Waals surface area contributed by atoms with E-state index in [0.717, 1.165) is 37.3 Å². The number of unbranched alkanes of at least 4 members (excludes halogenated alkanes) is 3. The third kappa shape index (κ3) is 8.90. The van der Waals surface area contributed by atoms with Crippen LogP contribution in [0.5, 0.6) is 11.5 Å². The average Bonchev–Trinajstić information content (AvgIpc) is 2.71. The SMILES string of the molecule is CCCCCC#Cc1cc(OCc2ccccc2)cc(O)c1C(=O)OCC[Si](C)(C)C. The van der Waals surface area contributed by atoms with Crippen molar-refractivity contribution in [3.8, 4) is 23.3 Å². The van der Waals surface area contributed by atoms with Gasteiger partial charge in [-0.05, 0) is 24.1 Å². The predicted octanol–water partition coefficient (Wildman–Crippen LogP) is 6.40. The third-order valence-electron chi connectivity index (χ3n) is 4.76. The fourth-order valence-electron chi connectivity index (χ4n) is 2.88. The molecule has 0 fully saturated rings. The molecule has 0 aromatic heterocycles. The van der Waals surface area contributed by atoms with E-state index in [1.807, 2.05) is 30.3 Å². The third-order valence-corrected chi connectivity index (χ3v) is 6.46. The first-order chi connectivity index (χ1) is 14.8. The molecule has 2 rings (SSSR count). The first kappa shape index (κ1) is 24.6. The number of phenolic OH excluding ortho intramolecular Hbond substituents is 1. The molecule has 0 atom stereocenters. The van der Waals surface area contributed by atoms with Crippen LogP contribution < -0.4 is 4.74 Å². The summed E-state index contributed by atoms with van der Waals surface area (Å²) in [5.74, 6) is 5.95. The highest BCUT2D eigenvalue weighted by Crippen LogP contribution is 2.29. The molecule has 0 heterocycles. The molecule has 2 aromatic rings. The summed E-state index contributed by atoms with van der Waals surface area (Å²) in [7, 11) is -1.33. The summed E-state index contributed by atoms with van der Waals surface area (Å²) >= 11 is 0. The first-order valence-electron chi connectivity index (χ1n) is 11.0. The molecule has 0 aliphatic carbocycles. The van der Waals surface area contributed by atoms with Crippen LogP contribution in [0.4, 0.5) is 0 Å². The molecule has 5 heteroatoms. The van der Waals surface area contributed by atoms with Crippen molar-refractivity contribution in [3.05, 3.63) is 59.2 Å². The maximum atomic E-state index is 12.7. The maximum absolute atomic E-state index is 12.7. The molecule has 0 aliphatic heterocycles. The van der Waals surface area contributed by atoms with E-state index in [9.17, 15) is 9.90 Å². The van der Waals surface area contributed by atoms with E-state index in [4.69, 9.17) is 9.47 Å². The zero-order valence-electron chi connectivity index (χ0n) is 19.2. The number of carbonyl (C=O) groups excluding carboxylic acids is 1. The van der Waals surface area contributed by atoms with Gasteiger partial charge in [0.25, 0.3) is 0 Å². The topological polar surface area (TPSA) is 55.8 Å². The van der Waals surface area contributed by atoms with Crippen LogP contribution in [-0.2, 0) is 11.3 Å². The molecule has 0 amide bonds. The lowest BCUT2D eigenvalue weighted by Gasteiger charge is -2.16. The van der Waals surface area contributed by atoms with Crippen molar-refractivity contribution in [1.82, 2.24) is 0 Å². The Morgan fingerprint density at radius 3 is 2.52 bits per heavy atom. The van der Waals surface area contributed by atoms with Crippen molar-refractivity contribution in [2.75, 3.05) is 6.61 Å². The number of hydrogen-bond donors (Lipinski definition) is 1. The fourth-order valence-corrected chi connectivity index (χ4v) is 3.60. The molecule has 0 saturated heterocycles. The van der Waals surface area contributed by atoms with Crippen molar-refractivity contribution in [1.29, 1.82) is 0 Å². The molecule has 0 radical (unpaired) electrons. The van der Waals surface area contributed by atoms with Crippen LogP contribution in [0.1, 0.15) is 54.1 Å². The average molecular weight is 439 g/mol. The number of aromatic hydroxyl groups is 1. The quantitative estimate of drug-likeness (QED) is 0.202. The number of phenols is 1. The van der Waals surface area contributed by atoms with Crippen LogP contribution >= 0.6 is 0 Å². The molecule has 2 aromatic carbocycles. The Kier molecular flexibility index (Phi) is 9.68. The summed E-state index contributed by atoms with van der Waals surface area (Å²) in [6.45, 7) is 9.54. The minimum atomic E-state index is -1.33. The van der Waals surface area contributed by atoms with E-state index in [-0.39, 0.29) is 11.3 Å². The van der Waals surface area contributed by atoms with Gasteiger partial charge in [0.15, 0.2) is 0 Å². The van der Waals surface area contributed by atoms with Crippen LogP contribution in [0.25, 0.3) is 0 Å². The van der Waals surface area contributed by atoms with Gasteiger partial charge in [0.2, 0.25) is 0 Å². The lowest BCUT2D eigenvalue weighted by molar-refractivity contribution is 0.0521. The molecule has 1 N–H and O–H groups in total. The van der Waals surface area contributed by atoms with Gasteiger partial charge in [-0.2, -0.15) is 0 Å². The van der Waals surface area contributed by atoms with Crippen LogP contribution in [0.2, 0.25) is 25.7 Å². The zero-order valence-corrected chi connectivity index (χ0v) is 20.2. The zero-order chi connectivity index (χ0) is 22.7. The van der Waals surface area contributed by atoms with Gasteiger partial charge in [0.05, 0.1) is 6.61 Å². The Balaban J connectivity index is 2.21. The highest BCUT2D eigenvalue weighted by atomic mass is 28.3. The minimum absolute atomic E-state index is 0.116. The number of hydrogen-bond acceptors (Lipinski definition) is 4. The summed E-state index contributed by atoms with van der Waals surface area (Å²) in [4.78, 5) is 12.7. The van der Waals surface area contributed by atoms with Crippen LogP contribution in [-0.4, -0.2) is 25.8 Å². The Labute approximate surface area is 187 Å². The van der Waals surface area contributed by atoms with Crippen LogP contribution in [0, 0.1) is 11.8 Å². The highest BCUT2D eigenvalue weighted by molar-refractivity contribution is 6.76. The van der Waals surface area contributed by atoms with E-state index in [0.29, 0.717) is 24.5 Å². The molecule has 4 nitrogen and oxygen atoms in total. The van der Waals surface area contributed by atoms with E-state index >= 15 is 0 Å². The molecule has 0 spiro atoms. The van der Waals surface area contributed by atoms with Crippen molar-refractivity contribution in [3.63, 3.8) is 0 Å². The van der Waals surface area contributed by atoms with E-state index in [1.54, 1.807) is 6.07 Å². The summed E-state index contributed by atoms with van der Waals surface area (Å²) in [5, 5.41) is 10.6. The number of ether oxygens (including phenoxy) is 2. The van der Waals surface area contributed by atoms with Gasteiger partial charge >= 0.3 is 5.97 Å². The summed E-state index contributed by atoms with van der Waals surface area (Å²) in [6.07, 6.45) is 4.00. The van der Waals surface area contributed by atoms with Gasteiger partial charge in [0, 0.05) is 26.1 Å². The van der Waals surface area contributed by atoms with Gasteiger partial charge < -0.3 is 14.6 Å². The smallest absolute Gasteiger partial charge is 0.343 e. The number of carbonyl (C=O) groups is 1. The van der Waals surface area contributed by atoms with Crippen LogP contribution in [0.3, 0.4) is 0 Å². The molecule has 0 aliphatic rings. The predicted molar refractivity (Wildman–Crippen MR) is 128 cm³/mol. The number of benzene rings is 2. The van der Waals surface area contributed by atoms with Gasteiger partial charge in [-0.1, -0.05) is 81.6 Å². The normalized spacial score (nSPS) is 10.8. The minimum Gasteiger partial charge on any atom is -0.507 e. The van der Waals surface area contributed by atoms with Gasteiger partial charge in [-0.15, -0.1) is 0 Å². The first-order valence-corrected chi connectivity index (χ1v) is 14.7. The molecular formula is C26H34O4Si. The molecule has 0 unspecified atom stereocenters. The monoisotopic (exact) mass is 438 g/mol. The van der Waals surface area contributed by atoms with Gasteiger partial charge in [-0.3, -0.25) is 0 Å². The van der Waals surface area contributed by atoms with Crippen molar-refractivity contribution >= 4 is 14.0 Å². The van der Waals surface area contributed by atoms with E-state index in [1.165, 1.54) is 6.07 Å². The largest absolute Gasteiger partial charge is 0.507 e. The molecule has 0 saturated carbocycles. The Hall–Kier alpha value is -2.71. The van der Waals surface area contributed by atoms with E-state index in [2.05, 4.69) is 38.4 Å². The second-order valence-corrected chi connectivity index (χ2v) is 14.5. The Morgan fingerprint density at radius 1 is 1.10 bits per heavy atom. The summed E-state index contributed by atoms with van der Waals surface area (Å²) in [5.41, 5.74) is 1.58. The molecule has 31 heavy (non-hydrogen) atoms. The summed E-state index contributed by atoms with van der Waals surface area (Å²) < 4.78 is 11.3. The highest BCUT2D eigenvalue weighted by Gasteiger charge is 2.21. The van der Waals surface area contributed by atoms with Crippen molar-refractivity contribution in [2.24, 2.45) is 0 Å². The summed E-state index contributed by atoms with van der Waals surface area (Å²) in [6, 6.07) is 13.8. The second kappa shape index (κ2) is 12.2. The Morgan fingerprint density at radius 2 is 1.84 bits per heavy atom. The maximum Gasteiger partial charge on any atom is 0.343 e. The van der Waals surface area contributed by atoms with Crippen molar-refractivity contribution < 1.29 is 19.4 Å². The number of rotatable bonds is 10. The standard InChI is InChI=1S/C26H34O4Si/c1-5-6-7-8-12-15-22-18-23(30-20-21-13-10-9-11-14-21)19-24(27)25(22)26(28)29-16-17-31(2,3)4/h9-11,13-14,18-19,27H,5-8,16-17,20H2,1-4H3. The lowest BCUT2D eigenvalue weighted by Crippen LogP contribution is -2.23. The van der Waals surface area contributed by atoms with Gasteiger partial charge in [-0.25, -0.2) is 4.79 Å². The van der Waals surface area contributed by atoms with Crippen LogP contribution in [0.15, 0.2) is 42.5 Å². The van der Waals surface area contributed by atoms with Crippen molar-refractivity contribution in [2.45, 2.75) is 64.9 Å². The second-order valence-electron chi connectivity index (χ2n) is 8.84. The molecular weight excluding hydrogens is 404 g/mol. The van der Waals surface area contributed by atoms with Gasteiger partial charge in [0.1, 0.15) is 23.7 Å². The number of esters is 1. The molecule has 166 valence electrons.